The van der Waals surface area contributed by atoms with E-state index in [9.17, 15) is 43.2 Å². The molecule has 2 unspecified atom stereocenters. The summed E-state index contributed by atoms with van der Waals surface area (Å²) in [6, 6.07) is 5.13. The fourth-order valence-corrected chi connectivity index (χ4v) is 7.40. The van der Waals surface area contributed by atoms with Gasteiger partial charge < -0.3 is 9.68 Å². The van der Waals surface area contributed by atoms with Crippen molar-refractivity contribution in [2.45, 2.75) is 61.2 Å². The van der Waals surface area contributed by atoms with E-state index in [1.165, 1.54) is 0 Å². The number of hydrogen-bond donors (Lipinski definition) is 0. The SMILES string of the molecule is CC1(C)CC(S(=O)(=O)C(F)(Br)c2c(F)cccc2F)=NO1.CC1(C)CC(S(=O)(=O)C(F)c2c(F)cccc2F)=NO1. The highest BCUT2D eigenvalue weighted by Gasteiger charge is 2.53. The number of rotatable bonds is 4. The number of halogens is 7. The zero-order valence-corrected chi connectivity index (χ0v) is 25.0. The summed E-state index contributed by atoms with van der Waals surface area (Å²) >= 11 is 2.29. The van der Waals surface area contributed by atoms with Gasteiger partial charge in [-0.1, -0.05) is 22.4 Å². The summed E-state index contributed by atoms with van der Waals surface area (Å²) in [4.78, 5) is 9.70. The lowest BCUT2D eigenvalue weighted by Crippen LogP contribution is -2.34. The van der Waals surface area contributed by atoms with Crippen LogP contribution in [-0.2, 0) is 33.3 Å². The lowest BCUT2D eigenvalue weighted by atomic mass is 10.1. The fraction of sp³-hybridized carbons (Fsp3) is 0.417. The molecule has 0 bridgehead atoms. The third kappa shape index (κ3) is 6.56. The van der Waals surface area contributed by atoms with Gasteiger partial charge in [0.05, 0.1) is 11.1 Å². The Morgan fingerprint density at radius 3 is 1.59 bits per heavy atom. The van der Waals surface area contributed by atoms with Crippen molar-refractivity contribution in [3.63, 3.8) is 0 Å². The van der Waals surface area contributed by atoms with Gasteiger partial charge in [-0.05, 0) is 67.9 Å². The van der Waals surface area contributed by atoms with Crippen LogP contribution in [0.2, 0.25) is 0 Å². The summed E-state index contributed by atoms with van der Waals surface area (Å²) < 4.78 is 128. The molecule has 8 nitrogen and oxygen atoms in total. The van der Waals surface area contributed by atoms with E-state index in [1.807, 2.05) is 0 Å². The van der Waals surface area contributed by atoms with Crippen LogP contribution in [0.25, 0.3) is 0 Å². The minimum atomic E-state index is -4.81. The average molecular weight is 693 g/mol. The number of oxime groups is 2. The maximum absolute atomic E-state index is 14.7. The third-order valence-corrected chi connectivity index (χ3v) is 10.7. The Balaban J connectivity index is 0.000000226. The Morgan fingerprint density at radius 1 is 0.805 bits per heavy atom. The summed E-state index contributed by atoms with van der Waals surface area (Å²) in [6.45, 7) is 6.24. The summed E-state index contributed by atoms with van der Waals surface area (Å²) in [5.74, 6) is -5.17. The first-order chi connectivity index (χ1) is 18.6. The largest absolute Gasteiger partial charge is 0.389 e. The van der Waals surface area contributed by atoms with Crippen molar-refractivity contribution in [2.75, 3.05) is 0 Å². The number of sulfone groups is 2. The van der Waals surface area contributed by atoms with Crippen LogP contribution in [0.15, 0.2) is 46.7 Å². The van der Waals surface area contributed by atoms with E-state index in [1.54, 1.807) is 27.7 Å². The molecule has 0 radical (unpaired) electrons. The zero-order valence-electron chi connectivity index (χ0n) is 21.8. The molecule has 0 saturated heterocycles. The van der Waals surface area contributed by atoms with Gasteiger partial charge in [-0.2, -0.15) is 0 Å². The van der Waals surface area contributed by atoms with Crippen molar-refractivity contribution in [2.24, 2.45) is 10.3 Å². The molecule has 0 amide bonds. The first-order valence-corrected chi connectivity index (χ1v) is 15.4. The fourth-order valence-electron chi connectivity index (χ4n) is 3.56. The predicted octanol–water partition coefficient (Wildman–Crippen LogP) is 6.23. The summed E-state index contributed by atoms with van der Waals surface area (Å²) in [5.41, 5.74) is -7.06. The van der Waals surface area contributed by atoms with Gasteiger partial charge in [0.2, 0.25) is 25.2 Å². The molecule has 0 aliphatic carbocycles. The molecule has 2 aromatic carbocycles. The predicted molar refractivity (Wildman–Crippen MR) is 141 cm³/mol. The second-order valence-electron chi connectivity index (χ2n) is 10.1. The van der Waals surface area contributed by atoms with Crippen LogP contribution in [0.1, 0.15) is 57.2 Å². The van der Waals surface area contributed by atoms with E-state index in [-0.39, 0.29) is 12.8 Å². The molecule has 0 saturated carbocycles. The zero-order chi connectivity index (χ0) is 31.2. The number of nitrogens with zero attached hydrogens (tertiary/aromatic N) is 2. The van der Waals surface area contributed by atoms with Crippen molar-refractivity contribution in [1.82, 2.24) is 0 Å². The molecule has 0 spiro atoms. The standard InChI is InChI=1S/C12H11BrF3NO3S.C12H12F3NO3S/c1-11(2)6-9(17-20-11)21(18,19)12(13,16)10-7(14)4-3-5-8(10)15;1-12(2)6-9(16-19-12)20(17,18)11(15)10-7(13)4-3-5-8(10)14/h3-5H,6H2,1-2H3;3-5,11H,6H2,1-2H3. The van der Waals surface area contributed by atoms with E-state index < -0.39 is 84.8 Å². The van der Waals surface area contributed by atoms with Crippen LogP contribution in [0.3, 0.4) is 0 Å². The molecule has 2 atom stereocenters. The van der Waals surface area contributed by atoms with Gasteiger partial charge in [-0.25, -0.2) is 43.2 Å². The van der Waals surface area contributed by atoms with Crippen molar-refractivity contribution < 1.29 is 52.9 Å². The minimum absolute atomic E-state index is 0.161. The van der Waals surface area contributed by atoms with Crippen LogP contribution in [0.5, 0.6) is 0 Å². The quantitative estimate of drug-likeness (QED) is 0.278. The topological polar surface area (TPSA) is 111 Å². The van der Waals surface area contributed by atoms with Crippen molar-refractivity contribution in [3.05, 3.63) is 70.8 Å². The molecule has 0 N–H and O–H groups in total. The second kappa shape index (κ2) is 11.2. The molecular formula is C24H23BrF6N2O6S2. The van der Waals surface area contributed by atoms with Gasteiger partial charge in [0.15, 0.2) is 10.1 Å². The van der Waals surface area contributed by atoms with E-state index in [2.05, 4.69) is 26.2 Å². The van der Waals surface area contributed by atoms with E-state index in [4.69, 9.17) is 9.68 Å². The van der Waals surface area contributed by atoms with E-state index >= 15 is 0 Å². The number of benzene rings is 2. The molecule has 226 valence electrons. The summed E-state index contributed by atoms with van der Waals surface area (Å²) in [5, 5.41) is 5.46. The molecule has 2 heterocycles. The Morgan fingerprint density at radius 2 is 1.20 bits per heavy atom. The molecule has 41 heavy (non-hydrogen) atoms. The minimum Gasteiger partial charge on any atom is -0.389 e. The number of hydrogen-bond acceptors (Lipinski definition) is 8. The Kier molecular flexibility index (Phi) is 8.98. The van der Waals surface area contributed by atoms with Crippen LogP contribution >= 0.6 is 15.9 Å². The third-order valence-electron chi connectivity index (χ3n) is 5.67. The summed E-state index contributed by atoms with van der Waals surface area (Å²) in [7, 11) is -9.44. The van der Waals surface area contributed by atoms with Crippen LogP contribution in [-0.4, -0.2) is 38.1 Å². The molecule has 17 heteroatoms. The highest BCUT2D eigenvalue weighted by Crippen LogP contribution is 2.44. The van der Waals surface area contributed by atoms with Gasteiger partial charge in [0.25, 0.3) is 0 Å². The molecule has 2 aliphatic heterocycles. The lowest BCUT2D eigenvalue weighted by Gasteiger charge is -2.20. The number of alkyl halides is 3. The Bertz CT molecular complexity index is 1590. The van der Waals surface area contributed by atoms with Crippen LogP contribution in [0.4, 0.5) is 26.3 Å². The van der Waals surface area contributed by atoms with Crippen molar-refractivity contribution in [1.29, 1.82) is 0 Å². The van der Waals surface area contributed by atoms with Crippen LogP contribution in [0, 0.1) is 23.3 Å². The monoisotopic (exact) mass is 692 g/mol. The maximum atomic E-state index is 14.7. The van der Waals surface area contributed by atoms with Crippen molar-refractivity contribution in [3.8, 4) is 0 Å². The van der Waals surface area contributed by atoms with Gasteiger partial charge in [0.1, 0.15) is 34.5 Å². The second-order valence-corrected chi connectivity index (χ2v) is 15.8. The highest BCUT2D eigenvalue weighted by molar-refractivity contribution is 9.11. The van der Waals surface area contributed by atoms with E-state index in [0.717, 1.165) is 36.4 Å². The van der Waals surface area contributed by atoms with Gasteiger partial charge in [0, 0.05) is 12.8 Å². The smallest absolute Gasteiger partial charge is 0.300 e. The first kappa shape index (κ1) is 32.8. The first-order valence-electron chi connectivity index (χ1n) is 11.5. The normalized spacial score (nSPS) is 20.0. The van der Waals surface area contributed by atoms with Crippen molar-refractivity contribution >= 4 is 45.7 Å². The lowest BCUT2D eigenvalue weighted by molar-refractivity contribution is 0.0120. The highest BCUT2D eigenvalue weighted by atomic mass is 79.9. The van der Waals surface area contributed by atoms with Crippen LogP contribution < -0.4 is 0 Å². The molecule has 2 aliphatic rings. The molecule has 0 aromatic heterocycles. The molecular weight excluding hydrogens is 670 g/mol. The molecule has 0 fully saturated rings. The van der Waals surface area contributed by atoms with E-state index in [0.29, 0.717) is 0 Å². The van der Waals surface area contributed by atoms with Gasteiger partial charge in [-0.15, -0.1) is 0 Å². The van der Waals surface area contributed by atoms with Gasteiger partial charge >= 0.3 is 3.91 Å². The van der Waals surface area contributed by atoms with Gasteiger partial charge in [-0.3, -0.25) is 0 Å². The Labute approximate surface area is 240 Å². The molecule has 2 aromatic rings. The molecule has 4 rings (SSSR count). The Hall–Kier alpha value is -2.66. The summed E-state index contributed by atoms with van der Waals surface area (Å²) in [6.07, 6.45) is -0.367. The maximum Gasteiger partial charge on any atom is 0.300 e. The average Bonchev–Trinajstić information content (AvgIpc) is 3.40.